The SMILES string of the molecule is Cc1nc(CN2CCN(C(=O)c3cccc(NS(=O)(=O)c4ccc(C)c(F)c4)c3)CC2)cs1. The van der Waals surface area contributed by atoms with Crippen LogP contribution in [0.4, 0.5) is 10.1 Å². The number of benzene rings is 2. The molecule has 2 aromatic carbocycles. The summed E-state index contributed by atoms with van der Waals surface area (Å²) in [5.41, 5.74) is 2.06. The Labute approximate surface area is 196 Å². The van der Waals surface area contributed by atoms with Gasteiger partial charge in [-0.25, -0.2) is 17.8 Å². The number of carbonyl (C=O) groups excluding carboxylic acids is 1. The molecule has 4 rings (SSSR count). The zero-order valence-electron chi connectivity index (χ0n) is 18.4. The van der Waals surface area contributed by atoms with Gasteiger partial charge >= 0.3 is 0 Å². The molecule has 1 N–H and O–H groups in total. The van der Waals surface area contributed by atoms with Crippen LogP contribution in [0.2, 0.25) is 0 Å². The van der Waals surface area contributed by atoms with Gasteiger partial charge in [-0.15, -0.1) is 11.3 Å². The smallest absolute Gasteiger partial charge is 0.261 e. The monoisotopic (exact) mass is 488 g/mol. The first-order valence-electron chi connectivity index (χ1n) is 10.5. The Hall–Kier alpha value is -2.82. The van der Waals surface area contributed by atoms with Crippen LogP contribution in [0.25, 0.3) is 0 Å². The van der Waals surface area contributed by atoms with Gasteiger partial charge in [0.2, 0.25) is 0 Å². The highest BCUT2D eigenvalue weighted by Crippen LogP contribution is 2.21. The number of halogens is 1. The Balaban J connectivity index is 1.40. The Bertz CT molecular complexity index is 1270. The number of hydrogen-bond acceptors (Lipinski definition) is 6. The van der Waals surface area contributed by atoms with Crippen LogP contribution in [0.5, 0.6) is 0 Å². The van der Waals surface area contributed by atoms with Gasteiger partial charge in [-0.1, -0.05) is 12.1 Å². The Morgan fingerprint density at radius 1 is 1.12 bits per heavy atom. The minimum Gasteiger partial charge on any atom is -0.336 e. The second-order valence-corrected chi connectivity index (χ2v) is 10.8. The molecule has 2 heterocycles. The molecule has 0 aliphatic carbocycles. The lowest BCUT2D eigenvalue weighted by Crippen LogP contribution is -2.48. The van der Waals surface area contributed by atoms with E-state index in [1.54, 1.807) is 41.4 Å². The van der Waals surface area contributed by atoms with Gasteiger partial charge in [-0.3, -0.25) is 14.4 Å². The molecule has 1 aromatic heterocycles. The minimum atomic E-state index is -3.98. The van der Waals surface area contributed by atoms with Gasteiger partial charge in [0.25, 0.3) is 15.9 Å². The fourth-order valence-electron chi connectivity index (χ4n) is 3.67. The Morgan fingerprint density at radius 2 is 1.88 bits per heavy atom. The van der Waals surface area contributed by atoms with Crippen LogP contribution in [-0.2, 0) is 16.6 Å². The second kappa shape index (κ2) is 9.58. The van der Waals surface area contributed by atoms with Gasteiger partial charge < -0.3 is 4.90 Å². The number of hydrogen-bond donors (Lipinski definition) is 1. The third kappa shape index (κ3) is 5.58. The van der Waals surface area contributed by atoms with Crippen LogP contribution in [0.1, 0.15) is 26.6 Å². The average molecular weight is 489 g/mol. The molecule has 1 aliphatic rings. The van der Waals surface area contributed by atoms with Crippen molar-refractivity contribution < 1.29 is 17.6 Å². The summed E-state index contributed by atoms with van der Waals surface area (Å²) in [6, 6.07) is 10.1. The molecule has 0 spiro atoms. The van der Waals surface area contributed by atoms with E-state index >= 15 is 0 Å². The zero-order valence-corrected chi connectivity index (χ0v) is 20.0. The first-order chi connectivity index (χ1) is 15.7. The van der Waals surface area contributed by atoms with Crippen molar-refractivity contribution in [3.05, 3.63) is 75.5 Å². The van der Waals surface area contributed by atoms with Crippen molar-refractivity contribution in [2.24, 2.45) is 0 Å². The number of thiazole rings is 1. The van der Waals surface area contributed by atoms with E-state index < -0.39 is 15.8 Å². The molecule has 10 heteroatoms. The van der Waals surface area contributed by atoms with Crippen LogP contribution in [0.15, 0.2) is 52.7 Å². The molecule has 33 heavy (non-hydrogen) atoms. The van der Waals surface area contributed by atoms with E-state index in [4.69, 9.17) is 0 Å². The zero-order chi connectivity index (χ0) is 23.6. The van der Waals surface area contributed by atoms with Crippen LogP contribution in [-0.4, -0.2) is 55.3 Å². The van der Waals surface area contributed by atoms with Gasteiger partial charge in [0.15, 0.2) is 0 Å². The first kappa shape index (κ1) is 23.3. The molecule has 0 radical (unpaired) electrons. The van der Waals surface area contributed by atoms with E-state index in [0.717, 1.165) is 36.4 Å². The summed E-state index contributed by atoms with van der Waals surface area (Å²) in [6.45, 7) is 6.97. The summed E-state index contributed by atoms with van der Waals surface area (Å²) in [6.07, 6.45) is 0. The van der Waals surface area contributed by atoms with Crippen molar-refractivity contribution in [3.8, 4) is 0 Å². The van der Waals surface area contributed by atoms with E-state index in [1.807, 2.05) is 6.92 Å². The molecule has 1 amide bonds. The quantitative estimate of drug-likeness (QED) is 0.573. The van der Waals surface area contributed by atoms with Crippen LogP contribution >= 0.6 is 11.3 Å². The van der Waals surface area contributed by atoms with Crippen molar-refractivity contribution in [2.75, 3.05) is 30.9 Å². The molecule has 1 saturated heterocycles. The highest BCUT2D eigenvalue weighted by Gasteiger charge is 2.23. The Morgan fingerprint density at radius 3 is 2.55 bits per heavy atom. The van der Waals surface area contributed by atoms with Crippen LogP contribution < -0.4 is 4.72 Å². The maximum absolute atomic E-state index is 13.8. The number of carbonyl (C=O) groups is 1. The molecular formula is C23H25FN4O3S2. The van der Waals surface area contributed by atoms with Crippen molar-refractivity contribution in [3.63, 3.8) is 0 Å². The minimum absolute atomic E-state index is 0.151. The van der Waals surface area contributed by atoms with Gasteiger partial charge in [-0.05, 0) is 49.7 Å². The molecule has 3 aromatic rings. The number of rotatable bonds is 6. The summed E-state index contributed by atoms with van der Waals surface area (Å²) < 4.78 is 41.6. The van der Waals surface area contributed by atoms with Gasteiger partial charge in [0, 0.05) is 49.4 Å². The molecule has 1 aliphatic heterocycles. The van der Waals surface area contributed by atoms with Gasteiger partial charge in [-0.2, -0.15) is 0 Å². The summed E-state index contributed by atoms with van der Waals surface area (Å²) in [5, 5.41) is 3.10. The summed E-state index contributed by atoms with van der Waals surface area (Å²) in [4.78, 5) is 21.4. The summed E-state index contributed by atoms with van der Waals surface area (Å²) >= 11 is 1.63. The molecular weight excluding hydrogens is 463 g/mol. The molecule has 174 valence electrons. The number of sulfonamides is 1. The third-order valence-corrected chi connectivity index (χ3v) is 7.73. The maximum Gasteiger partial charge on any atom is 0.261 e. The lowest BCUT2D eigenvalue weighted by molar-refractivity contribution is 0.0627. The Kier molecular flexibility index (Phi) is 6.78. The van der Waals surface area contributed by atoms with Crippen LogP contribution in [0, 0.1) is 19.7 Å². The van der Waals surface area contributed by atoms with Crippen LogP contribution in [0.3, 0.4) is 0 Å². The average Bonchev–Trinajstić information content (AvgIpc) is 3.20. The van der Waals surface area contributed by atoms with E-state index in [1.165, 1.54) is 18.2 Å². The first-order valence-corrected chi connectivity index (χ1v) is 12.9. The molecule has 0 atom stereocenters. The highest BCUT2D eigenvalue weighted by molar-refractivity contribution is 7.92. The topological polar surface area (TPSA) is 82.6 Å². The molecule has 0 saturated carbocycles. The van der Waals surface area contributed by atoms with Crippen molar-refractivity contribution in [2.45, 2.75) is 25.3 Å². The predicted octanol–water partition coefficient (Wildman–Crippen LogP) is 3.66. The largest absolute Gasteiger partial charge is 0.336 e. The normalized spacial score (nSPS) is 14.9. The van der Waals surface area contributed by atoms with E-state index in [2.05, 4.69) is 20.0 Å². The molecule has 0 bridgehead atoms. The second-order valence-electron chi connectivity index (χ2n) is 8.02. The number of aryl methyl sites for hydroxylation is 2. The summed E-state index contributed by atoms with van der Waals surface area (Å²) in [7, 11) is -3.98. The highest BCUT2D eigenvalue weighted by atomic mass is 32.2. The van der Waals surface area contributed by atoms with E-state index in [-0.39, 0.29) is 16.5 Å². The third-order valence-electron chi connectivity index (χ3n) is 5.53. The van der Waals surface area contributed by atoms with Crippen molar-refractivity contribution >= 4 is 33.0 Å². The molecule has 0 unspecified atom stereocenters. The van der Waals surface area contributed by atoms with Crippen molar-refractivity contribution in [1.29, 1.82) is 0 Å². The van der Waals surface area contributed by atoms with E-state index in [0.29, 0.717) is 24.2 Å². The number of nitrogens with one attached hydrogen (secondary N) is 1. The lowest BCUT2D eigenvalue weighted by atomic mass is 10.1. The van der Waals surface area contributed by atoms with Crippen molar-refractivity contribution in [1.82, 2.24) is 14.8 Å². The lowest BCUT2D eigenvalue weighted by Gasteiger charge is -2.34. The number of nitrogens with zero attached hydrogens (tertiary/aromatic N) is 3. The van der Waals surface area contributed by atoms with E-state index in [9.17, 15) is 17.6 Å². The number of amides is 1. The predicted molar refractivity (Wildman–Crippen MR) is 126 cm³/mol. The summed E-state index contributed by atoms with van der Waals surface area (Å²) in [5.74, 6) is -0.743. The maximum atomic E-state index is 13.8. The number of aromatic nitrogens is 1. The van der Waals surface area contributed by atoms with Gasteiger partial charge in [0.05, 0.1) is 15.6 Å². The van der Waals surface area contributed by atoms with Gasteiger partial charge in [0.1, 0.15) is 5.82 Å². The number of piperazine rings is 1. The molecule has 7 nitrogen and oxygen atoms in total. The fraction of sp³-hybridized carbons (Fsp3) is 0.304. The fourth-order valence-corrected chi connectivity index (χ4v) is 5.34. The number of anilines is 1. The molecule has 1 fully saturated rings. The standard InChI is InChI=1S/C23H25FN4O3S2/c1-16-6-7-21(13-22(16)24)33(30,31)26-19-5-3-4-18(12-19)23(29)28-10-8-27(9-11-28)14-20-15-32-17(2)25-20/h3-7,12-13,15,26H,8-11,14H2,1-2H3.